The molecule has 0 saturated heterocycles. The fraction of sp³-hybridized carbons (Fsp3) is 0.250. The lowest BCUT2D eigenvalue weighted by molar-refractivity contribution is 0.00217. The minimum absolute atomic E-state index is 0.0622. The number of anilines is 1. The number of ether oxygens (including phenoxy) is 3. The van der Waals surface area contributed by atoms with Crippen molar-refractivity contribution in [3.05, 3.63) is 71.4 Å². The molecule has 0 aliphatic rings. The van der Waals surface area contributed by atoms with Crippen molar-refractivity contribution in [2.45, 2.75) is 20.0 Å². The summed E-state index contributed by atoms with van der Waals surface area (Å²) < 4.78 is 17.2. The van der Waals surface area contributed by atoms with Gasteiger partial charge in [0, 0.05) is 17.2 Å². The Kier molecular flexibility index (Phi) is 6.93. The van der Waals surface area contributed by atoms with Gasteiger partial charge in [-0.2, -0.15) is 0 Å². The molecule has 1 unspecified atom stereocenters. The Balaban J connectivity index is 2.34. The Morgan fingerprint density at radius 2 is 1.97 bits per heavy atom. The fourth-order valence-corrected chi connectivity index (χ4v) is 3.62. The normalized spacial score (nSPS) is 12.0. The van der Waals surface area contributed by atoms with Crippen molar-refractivity contribution in [2.75, 3.05) is 19.7 Å². The number of nitrogens with zero attached hydrogens (tertiary/aromatic N) is 2. The first-order valence-electron chi connectivity index (χ1n) is 10.0. The highest BCUT2D eigenvalue weighted by Gasteiger charge is 2.36. The van der Waals surface area contributed by atoms with Crippen LogP contribution in [0.5, 0.6) is 11.5 Å². The number of nitrogens with one attached hydrogen (secondary N) is 1. The number of hydrogen-bond acceptors (Lipinski definition) is 9. The van der Waals surface area contributed by atoms with Gasteiger partial charge in [0.2, 0.25) is 0 Å². The zero-order valence-electron chi connectivity index (χ0n) is 18.8. The second kappa shape index (κ2) is 9.66. The van der Waals surface area contributed by atoms with Gasteiger partial charge in [0.15, 0.2) is 0 Å². The number of benzene rings is 2. The smallest absolute Gasteiger partial charge is 0.357 e. The molecule has 33 heavy (non-hydrogen) atoms. The molecule has 1 heterocycles. The van der Waals surface area contributed by atoms with Crippen LogP contribution in [-0.2, 0) is 4.74 Å². The van der Waals surface area contributed by atoms with Crippen LogP contribution in [0.25, 0.3) is 10.8 Å². The van der Waals surface area contributed by atoms with E-state index in [9.17, 15) is 14.9 Å². The molecule has 9 heteroatoms. The summed E-state index contributed by atoms with van der Waals surface area (Å²) in [7, 11) is 2.87. The van der Waals surface area contributed by atoms with Gasteiger partial charge in [-0.05, 0) is 35.5 Å². The van der Waals surface area contributed by atoms with Gasteiger partial charge in [-0.1, -0.05) is 26.0 Å². The lowest BCUT2D eigenvalue weighted by Gasteiger charge is -2.33. The van der Waals surface area contributed by atoms with E-state index < -0.39 is 17.5 Å². The number of esters is 1. The van der Waals surface area contributed by atoms with Gasteiger partial charge in [0.05, 0.1) is 30.7 Å². The van der Waals surface area contributed by atoms with E-state index in [4.69, 9.17) is 14.2 Å². The van der Waals surface area contributed by atoms with E-state index in [1.807, 2.05) is 13.8 Å². The molecule has 0 aliphatic heterocycles. The highest BCUT2D eigenvalue weighted by atomic mass is 16.5. The van der Waals surface area contributed by atoms with Crippen molar-refractivity contribution < 1.29 is 24.2 Å². The zero-order chi connectivity index (χ0) is 24.2. The first-order chi connectivity index (χ1) is 15.8. The molecule has 2 N–H and O–H groups in total. The maximum Gasteiger partial charge on any atom is 0.357 e. The predicted octanol–water partition coefficient (Wildman–Crippen LogP) is 5.56. The number of hydrogen-bond donors (Lipinski definition) is 2. The summed E-state index contributed by atoms with van der Waals surface area (Å²) in [5.74, 6) is -0.0935. The van der Waals surface area contributed by atoms with Crippen molar-refractivity contribution in [2.24, 2.45) is 10.6 Å². The van der Waals surface area contributed by atoms with E-state index in [1.165, 1.54) is 32.5 Å². The van der Waals surface area contributed by atoms with Gasteiger partial charge in [0.25, 0.3) is 0 Å². The first kappa shape index (κ1) is 23.7. The van der Waals surface area contributed by atoms with Crippen LogP contribution < -0.4 is 15.0 Å². The van der Waals surface area contributed by atoms with E-state index in [0.717, 1.165) is 0 Å². The summed E-state index contributed by atoms with van der Waals surface area (Å²) in [4.78, 5) is 28.6. The molecule has 0 radical (unpaired) electrons. The summed E-state index contributed by atoms with van der Waals surface area (Å²) in [5.41, 5.74) is 2.24. The quantitative estimate of drug-likeness (QED) is 0.188. The highest BCUT2D eigenvalue weighted by molar-refractivity contribution is 6.08. The third kappa shape index (κ3) is 4.35. The molecule has 3 aromatic rings. The Morgan fingerprint density at radius 1 is 1.21 bits per heavy atom. The molecule has 0 fully saturated rings. The van der Waals surface area contributed by atoms with Crippen molar-refractivity contribution in [1.29, 1.82) is 0 Å². The standard InChI is InChI=1S/C24H25N3O6/c1-6-24(2,3)22(33-23(28)17-9-7-8-12-25-17)14-13-18(31-4)19-15(26-29)10-11-16(27-30)20(19)21(14)32-5/h6-13,22,26,29H,1H2,2-5H3. The molecule has 3 rings (SSSR count). The van der Waals surface area contributed by atoms with E-state index in [-0.39, 0.29) is 22.8 Å². The number of rotatable bonds is 9. The summed E-state index contributed by atoms with van der Waals surface area (Å²) >= 11 is 0. The van der Waals surface area contributed by atoms with Gasteiger partial charge in [0.1, 0.15) is 29.0 Å². The summed E-state index contributed by atoms with van der Waals surface area (Å²) in [5, 5.41) is 13.4. The number of methoxy groups -OCH3 is 2. The van der Waals surface area contributed by atoms with Crippen LogP contribution in [0.1, 0.15) is 36.0 Å². The third-order valence-corrected chi connectivity index (χ3v) is 5.43. The second-order valence-corrected chi connectivity index (χ2v) is 7.81. The second-order valence-electron chi connectivity index (χ2n) is 7.81. The van der Waals surface area contributed by atoms with Gasteiger partial charge < -0.3 is 14.2 Å². The van der Waals surface area contributed by atoms with Gasteiger partial charge >= 0.3 is 5.97 Å². The van der Waals surface area contributed by atoms with Crippen LogP contribution >= 0.6 is 0 Å². The lowest BCUT2D eigenvalue weighted by Crippen LogP contribution is -2.26. The summed E-state index contributed by atoms with van der Waals surface area (Å²) in [6.45, 7) is 7.58. The van der Waals surface area contributed by atoms with Crippen LogP contribution in [-0.4, -0.2) is 30.4 Å². The molecule has 1 atom stereocenters. The van der Waals surface area contributed by atoms with Crippen molar-refractivity contribution in [3.8, 4) is 11.5 Å². The molecule has 0 aliphatic carbocycles. The van der Waals surface area contributed by atoms with Gasteiger partial charge in [-0.3, -0.25) is 10.7 Å². The molecular weight excluding hydrogens is 426 g/mol. The fourth-order valence-electron chi connectivity index (χ4n) is 3.62. The van der Waals surface area contributed by atoms with Crippen molar-refractivity contribution >= 4 is 28.1 Å². The Hall–Kier alpha value is -3.98. The van der Waals surface area contributed by atoms with Crippen molar-refractivity contribution in [1.82, 2.24) is 4.98 Å². The molecule has 9 nitrogen and oxygen atoms in total. The van der Waals surface area contributed by atoms with E-state index >= 15 is 0 Å². The van der Waals surface area contributed by atoms with E-state index in [2.05, 4.69) is 22.2 Å². The molecule has 0 spiro atoms. The summed E-state index contributed by atoms with van der Waals surface area (Å²) in [6, 6.07) is 9.49. The van der Waals surface area contributed by atoms with Crippen LogP contribution in [0.3, 0.4) is 0 Å². The molecule has 0 bridgehead atoms. The maximum absolute atomic E-state index is 12.9. The van der Waals surface area contributed by atoms with E-state index in [1.54, 1.807) is 30.3 Å². The van der Waals surface area contributed by atoms with Gasteiger partial charge in [-0.15, -0.1) is 11.5 Å². The zero-order valence-corrected chi connectivity index (χ0v) is 18.8. The molecule has 1 aromatic heterocycles. The molecule has 2 aromatic carbocycles. The van der Waals surface area contributed by atoms with Gasteiger partial charge in [-0.25, -0.2) is 9.78 Å². The Morgan fingerprint density at radius 3 is 2.52 bits per heavy atom. The Bertz CT molecular complexity index is 1190. The highest BCUT2D eigenvalue weighted by Crippen LogP contribution is 2.51. The minimum Gasteiger partial charge on any atom is -0.496 e. The van der Waals surface area contributed by atoms with Crippen LogP contribution in [0.15, 0.2) is 60.4 Å². The van der Waals surface area contributed by atoms with E-state index in [0.29, 0.717) is 22.1 Å². The Labute approximate surface area is 190 Å². The predicted molar refractivity (Wildman–Crippen MR) is 124 cm³/mol. The first-order valence-corrected chi connectivity index (χ1v) is 10.0. The third-order valence-electron chi connectivity index (χ3n) is 5.43. The number of carbonyl (C=O) groups excluding carboxylic acids is 1. The molecule has 0 amide bonds. The monoisotopic (exact) mass is 451 g/mol. The van der Waals surface area contributed by atoms with Crippen LogP contribution in [0.4, 0.5) is 11.4 Å². The number of nitroso groups, excluding NO2 is 1. The average Bonchev–Trinajstić information content (AvgIpc) is 2.85. The summed E-state index contributed by atoms with van der Waals surface area (Å²) in [6.07, 6.45) is 2.25. The molecule has 172 valence electrons. The topological polar surface area (TPSA) is 119 Å². The largest absolute Gasteiger partial charge is 0.496 e. The SMILES string of the molecule is C=CC(C)(C)C(OC(=O)c1ccccn1)c1cc(OC)c2c(NO)ccc(N=O)c2c1OC. The van der Waals surface area contributed by atoms with Crippen LogP contribution in [0, 0.1) is 10.3 Å². The van der Waals surface area contributed by atoms with Crippen LogP contribution in [0.2, 0.25) is 0 Å². The number of carbonyl (C=O) groups is 1. The number of pyridine rings is 1. The number of aromatic nitrogens is 1. The maximum atomic E-state index is 12.9. The molecular formula is C24H25N3O6. The lowest BCUT2D eigenvalue weighted by atomic mass is 9.81. The average molecular weight is 451 g/mol. The molecule has 0 saturated carbocycles. The minimum atomic E-state index is -0.900. The number of fused-ring (bicyclic) bond motifs is 1. The van der Waals surface area contributed by atoms with Crippen molar-refractivity contribution in [3.63, 3.8) is 0 Å².